The van der Waals surface area contributed by atoms with E-state index in [0.29, 0.717) is 28.5 Å². The van der Waals surface area contributed by atoms with Gasteiger partial charge in [-0.3, -0.25) is 0 Å². The van der Waals surface area contributed by atoms with Gasteiger partial charge in [0, 0.05) is 20.3 Å². The molecule has 32 heavy (non-hydrogen) atoms. The van der Waals surface area contributed by atoms with E-state index in [9.17, 15) is 4.79 Å². The first-order chi connectivity index (χ1) is 15.5. The van der Waals surface area contributed by atoms with Gasteiger partial charge in [0.15, 0.2) is 16.6 Å². The van der Waals surface area contributed by atoms with E-state index in [1.165, 1.54) is 47.3 Å². The van der Waals surface area contributed by atoms with E-state index >= 15 is 0 Å². The zero-order valence-corrected chi connectivity index (χ0v) is 18.4. The number of urea groups is 1. The molecule has 0 fully saturated rings. The average Bonchev–Trinajstić information content (AvgIpc) is 3.41. The molecule has 0 saturated carbocycles. The standard InChI is InChI=1S/C18H17Cl2N9O3/c1-31-9-13(32-2)16-12(8-21-15-6-14(20)27-28(15)16)26-18(30)25-10-5-11(19)17(22-7-10)29-23-3-4-24-29/h3-8,13H,9H2,1-2H3,(H2,25,26,30)/t13-/m1/s1. The van der Waals surface area contributed by atoms with Crippen molar-refractivity contribution in [3.8, 4) is 5.82 Å². The van der Waals surface area contributed by atoms with Gasteiger partial charge >= 0.3 is 6.03 Å². The maximum Gasteiger partial charge on any atom is 0.323 e. The van der Waals surface area contributed by atoms with Crippen molar-refractivity contribution in [2.24, 2.45) is 0 Å². The van der Waals surface area contributed by atoms with E-state index in [2.05, 4.69) is 35.9 Å². The number of amides is 2. The van der Waals surface area contributed by atoms with Gasteiger partial charge in [-0.15, -0.1) is 4.80 Å². The lowest BCUT2D eigenvalue weighted by molar-refractivity contribution is 0.0241. The van der Waals surface area contributed by atoms with Gasteiger partial charge in [-0.05, 0) is 6.07 Å². The van der Waals surface area contributed by atoms with Gasteiger partial charge in [-0.25, -0.2) is 19.3 Å². The molecule has 2 amide bonds. The van der Waals surface area contributed by atoms with Crippen LogP contribution >= 0.6 is 23.2 Å². The smallest absolute Gasteiger partial charge is 0.323 e. The number of halogens is 2. The van der Waals surface area contributed by atoms with E-state index in [-0.39, 0.29) is 16.8 Å². The van der Waals surface area contributed by atoms with Crippen molar-refractivity contribution in [1.29, 1.82) is 0 Å². The third kappa shape index (κ3) is 4.48. The molecule has 2 N–H and O–H groups in total. The number of aromatic nitrogens is 7. The molecule has 166 valence electrons. The van der Waals surface area contributed by atoms with Gasteiger partial charge in [-0.2, -0.15) is 15.3 Å². The highest BCUT2D eigenvalue weighted by Gasteiger charge is 2.22. The minimum absolute atomic E-state index is 0.214. The van der Waals surface area contributed by atoms with Gasteiger partial charge in [0.2, 0.25) is 0 Å². The predicted molar refractivity (Wildman–Crippen MR) is 116 cm³/mol. The highest BCUT2D eigenvalue weighted by Crippen LogP contribution is 2.27. The monoisotopic (exact) mass is 477 g/mol. The zero-order valence-electron chi connectivity index (χ0n) is 16.9. The Hall–Kier alpha value is -3.32. The van der Waals surface area contributed by atoms with Gasteiger partial charge in [0.05, 0.1) is 47.8 Å². The normalized spacial score (nSPS) is 12.1. The Morgan fingerprint density at radius 1 is 1.12 bits per heavy atom. The number of hydrogen-bond acceptors (Lipinski definition) is 8. The fourth-order valence-corrected chi connectivity index (χ4v) is 3.41. The minimum atomic E-state index is -0.555. The third-order valence-electron chi connectivity index (χ3n) is 4.33. The van der Waals surface area contributed by atoms with Crippen LogP contribution < -0.4 is 10.6 Å². The van der Waals surface area contributed by atoms with Crippen LogP contribution in [0.4, 0.5) is 16.2 Å². The number of nitrogens with one attached hydrogen (secondary N) is 2. The lowest BCUT2D eigenvalue weighted by Crippen LogP contribution is -2.24. The molecule has 0 unspecified atom stereocenters. The summed E-state index contributed by atoms with van der Waals surface area (Å²) in [5.74, 6) is 0.331. The van der Waals surface area contributed by atoms with E-state index in [1.54, 1.807) is 13.2 Å². The van der Waals surface area contributed by atoms with Crippen molar-refractivity contribution in [3.63, 3.8) is 0 Å². The summed E-state index contributed by atoms with van der Waals surface area (Å²) in [6.07, 6.45) is 5.38. The maximum atomic E-state index is 12.7. The summed E-state index contributed by atoms with van der Waals surface area (Å²) in [5.41, 5.74) is 1.72. The first kappa shape index (κ1) is 21.9. The number of pyridine rings is 1. The first-order valence-electron chi connectivity index (χ1n) is 9.16. The Balaban J connectivity index is 1.59. The molecular weight excluding hydrogens is 461 g/mol. The van der Waals surface area contributed by atoms with Crippen molar-refractivity contribution in [1.82, 2.24) is 34.6 Å². The van der Waals surface area contributed by atoms with Crippen molar-refractivity contribution in [2.45, 2.75) is 6.10 Å². The summed E-state index contributed by atoms with van der Waals surface area (Å²) in [4.78, 5) is 22.4. The Labute approximate surface area is 191 Å². The lowest BCUT2D eigenvalue weighted by atomic mass is 10.2. The SMILES string of the molecule is COC[C@@H](OC)c1c(NC(=O)Nc2cnc(-n3nccn3)c(Cl)c2)cnc2cc(Cl)nn12. The second kappa shape index (κ2) is 9.44. The Morgan fingerprint density at radius 2 is 1.91 bits per heavy atom. The maximum absolute atomic E-state index is 12.7. The van der Waals surface area contributed by atoms with Crippen molar-refractivity contribution >= 4 is 46.3 Å². The highest BCUT2D eigenvalue weighted by molar-refractivity contribution is 6.32. The predicted octanol–water partition coefficient (Wildman–Crippen LogP) is 2.99. The number of nitrogens with zero attached hydrogens (tertiary/aromatic N) is 7. The molecule has 0 saturated heterocycles. The van der Waals surface area contributed by atoms with Gasteiger partial charge in [0.25, 0.3) is 0 Å². The number of rotatable bonds is 7. The molecule has 0 aliphatic rings. The number of ether oxygens (including phenoxy) is 2. The lowest BCUT2D eigenvalue weighted by Gasteiger charge is -2.19. The molecule has 4 aromatic rings. The Kier molecular flexibility index (Phi) is 6.46. The second-order valence-corrected chi connectivity index (χ2v) is 7.20. The van der Waals surface area contributed by atoms with E-state index in [4.69, 9.17) is 32.7 Å². The van der Waals surface area contributed by atoms with Crippen LogP contribution in [-0.4, -0.2) is 61.4 Å². The molecular formula is C18H17Cl2N9O3. The molecule has 0 radical (unpaired) electrons. The van der Waals surface area contributed by atoms with Crippen LogP contribution in [0.15, 0.2) is 36.9 Å². The van der Waals surface area contributed by atoms with Crippen molar-refractivity contribution in [3.05, 3.63) is 52.8 Å². The highest BCUT2D eigenvalue weighted by atomic mass is 35.5. The summed E-state index contributed by atoms with van der Waals surface area (Å²) in [6, 6.07) is 2.57. The van der Waals surface area contributed by atoms with E-state index in [1.807, 2.05) is 0 Å². The van der Waals surface area contributed by atoms with Crippen LogP contribution in [0.2, 0.25) is 10.2 Å². The zero-order chi connectivity index (χ0) is 22.7. The van der Waals surface area contributed by atoms with Crippen LogP contribution in [0.1, 0.15) is 11.8 Å². The molecule has 0 aliphatic heterocycles. The number of anilines is 2. The number of carbonyl (C=O) groups is 1. The largest absolute Gasteiger partial charge is 0.382 e. The van der Waals surface area contributed by atoms with Crippen LogP contribution in [0, 0.1) is 0 Å². The molecule has 0 bridgehead atoms. The van der Waals surface area contributed by atoms with Gasteiger partial charge < -0.3 is 20.1 Å². The molecule has 1 atom stereocenters. The Bertz CT molecular complexity index is 1250. The molecule has 0 spiro atoms. The van der Waals surface area contributed by atoms with Crippen LogP contribution in [-0.2, 0) is 9.47 Å². The summed E-state index contributed by atoms with van der Waals surface area (Å²) in [5, 5.41) is 18.1. The van der Waals surface area contributed by atoms with E-state index < -0.39 is 12.1 Å². The molecule has 4 aromatic heterocycles. The third-order valence-corrected chi connectivity index (χ3v) is 4.80. The summed E-state index contributed by atoms with van der Waals surface area (Å²) >= 11 is 12.3. The quantitative estimate of drug-likeness (QED) is 0.414. The fraction of sp³-hybridized carbons (Fsp3) is 0.222. The van der Waals surface area contributed by atoms with Gasteiger partial charge in [0.1, 0.15) is 11.8 Å². The molecule has 12 nitrogen and oxygen atoms in total. The molecule has 0 aromatic carbocycles. The van der Waals surface area contributed by atoms with Gasteiger partial charge in [-0.1, -0.05) is 23.2 Å². The topological polar surface area (TPSA) is 133 Å². The summed E-state index contributed by atoms with van der Waals surface area (Å²) < 4.78 is 12.3. The van der Waals surface area contributed by atoms with Crippen molar-refractivity contribution in [2.75, 3.05) is 31.5 Å². The minimum Gasteiger partial charge on any atom is -0.382 e. The number of methoxy groups -OCH3 is 2. The summed E-state index contributed by atoms with van der Waals surface area (Å²) in [6.45, 7) is 0.214. The van der Waals surface area contributed by atoms with Crippen molar-refractivity contribution < 1.29 is 14.3 Å². The fourth-order valence-electron chi connectivity index (χ4n) is 3.00. The number of carbonyl (C=O) groups excluding carboxylic acids is 1. The average molecular weight is 478 g/mol. The number of hydrogen-bond donors (Lipinski definition) is 2. The van der Waals surface area contributed by atoms with Crippen LogP contribution in [0.25, 0.3) is 11.5 Å². The molecule has 4 rings (SSSR count). The van der Waals surface area contributed by atoms with E-state index in [0.717, 1.165) is 0 Å². The molecule has 0 aliphatic carbocycles. The first-order valence-corrected chi connectivity index (χ1v) is 9.92. The number of fused-ring (bicyclic) bond motifs is 1. The molecule has 14 heteroatoms. The molecule has 4 heterocycles. The van der Waals surface area contributed by atoms with Crippen LogP contribution in [0.5, 0.6) is 0 Å². The second-order valence-electron chi connectivity index (χ2n) is 6.40. The summed E-state index contributed by atoms with van der Waals surface area (Å²) in [7, 11) is 3.06. The van der Waals surface area contributed by atoms with Crippen LogP contribution in [0.3, 0.4) is 0 Å². The Morgan fingerprint density at radius 3 is 2.59 bits per heavy atom.